The predicted octanol–water partition coefficient (Wildman–Crippen LogP) is 2.16. The van der Waals surface area contributed by atoms with Crippen molar-refractivity contribution in [2.75, 3.05) is 31.5 Å². The van der Waals surface area contributed by atoms with Crippen molar-refractivity contribution in [3.05, 3.63) is 23.9 Å². The molecule has 1 saturated heterocycles. The molecule has 0 radical (unpaired) electrons. The Balaban J connectivity index is 1.61. The third-order valence-electron chi connectivity index (χ3n) is 3.27. The molecule has 0 saturated carbocycles. The van der Waals surface area contributed by atoms with E-state index in [4.69, 9.17) is 12.2 Å². The van der Waals surface area contributed by atoms with Gasteiger partial charge in [-0.1, -0.05) is 6.07 Å². The first kappa shape index (κ1) is 14.2. The van der Waals surface area contributed by atoms with Gasteiger partial charge in [-0.25, -0.2) is 4.98 Å². The molecule has 1 fully saturated rings. The fourth-order valence-electron chi connectivity index (χ4n) is 2.28. The third kappa shape index (κ3) is 5.12. The van der Waals surface area contributed by atoms with Crippen molar-refractivity contribution in [3.8, 4) is 0 Å². The first-order valence-corrected chi connectivity index (χ1v) is 7.36. The van der Waals surface area contributed by atoms with Gasteiger partial charge in [0.25, 0.3) is 0 Å². The molecule has 2 rings (SSSR count). The van der Waals surface area contributed by atoms with Crippen molar-refractivity contribution in [1.29, 1.82) is 0 Å². The highest BCUT2D eigenvalue weighted by Gasteiger charge is 2.10. The Morgan fingerprint density at radius 1 is 1.37 bits per heavy atom. The number of hydrogen-bond donors (Lipinski definition) is 2. The summed E-state index contributed by atoms with van der Waals surface area (Å²) in [5.74, 6) is 0.803. The van der Waals surface area contributed by atoms with E-state index in [1.165, 1.54) is 25.9 Å². The lowest BCUT2D eigenvalue weighted by Crippen LogP contribution is -2.31. The number of rotatable bonds is 5. The summed E-state index contributed by atoms with van der Waals surface area (Å²) >= 11 is 5.25. The largest absolute Gasteiger partial charge is 0.362 e. The van der Waals surface area contributed by atoms with Gasteiger partial charge in [-0.15, -0.1) is 0 Å². The van der Waals surface area contributed by atoms with E-state index in [2.05, 4.69) is 20.5 Å². The smallest absolute Gasteiger partial charge is 0.171 e. The summed E-state index contributed by atoms with van der Waals surface area (Å²) in [6.07, 6.45) is 3.84. The topological polar surface area (TPSA) is 40.2 Å². The summed E-state index contributed by atoms with van der Waals surface area (Å²) in [7, 11) is 0. The van der Waals surface area contributed by atoms with E-state index in [-0.39, 0.29) is 0 Å². The molecule has 4 nitrogen and oxygen atoms in total. The van der Waals surface area contributed by atoms with Gasteiger partial charge in [0.2, 0.25) is 0 Å². The number of nitrogens with zero attached hydrogens (tertiary/aromatic N) is 2. The molecular weight excluding hydrogens is 256 g/mol. The quantitative estimate of drug-likeness (QED) is 0.638. The van der Waals surface area contributed by atoms with Gasteiger partial charge in [0.05, 0.1) is 0 Å². The van der Waals surface area contributed by atoms with Crippen LogP contribution in [0.25, 0.3) is 0 Å². The van der Waals surface area contributed by atoms with E-state index in [0.29, 0.717) is 5.11 Å². The molecule has 104 valence electrons. The molecule has 1 aromatic rings. The Hall–Kier alpha value is -1.20. The zero-order valence-electron chi connectivity index (χ0n) is 11.5. The Labute approximate surface area is 120 Å². The maximum Gasteiger partial charge on any atom is 0.171 e. The molecule has 2 N–H and O–H groups in total. The number of pyridine rings is 1. The van der Waals surface area contributed by atoms with Gasteiger partial charge in [-0.05, 0) is 70.2 Å². The molecule has 0 unspecified atom stereocenters. The maximum atomic E-state index is 5.25. The molecule has 0 bridgehead atoms. The Morgan fingerprint density at radius 2 is 2.16 bits per heavy atom. The maximum absolute atomic E-state index is 5.25. The van der Waals surface area contributed by atoms with Crippen molar-refractivity contribution >= 4 is 23.1 Å². The second kappa shape index (κ2) is 7.40. The second-order valence-corrected chi connectivity index (χ2v) is 5.36. The van der Waals surface area contributed by atoms with Crippen LogP contribution in [-0.4, -0.2) is 41.2 Å². The number of nitrogens with one attached hydrogen (secondary N) is 2. The first-order valence-electron chi connectivity index (χ1n) is 6.95. The number of thiocarbonyl (C=S) groups is 1. The highest BCUT2D eigenvalue weighted by atomic mass is 32.1. The van der Waals surface area contributed by atoms with Crippen LogP contribution in [0.15, 0.2) is 18.2 Å². The summed E-state index contributed by atoms with van der Waals surface area (Å²) in [6, 6.07) is 5.86. The molecule has 0 amide bonds. The first-order chi connectivity index (χ1) is 9.24. The molecular formula is C14H22N4S. The second-order valence-electron chi connectivity index (χ2n) is 4.95. The van der Waals surface area contributed by atoms with Crippen molar-refractivity contribution < 1.29 is 0 Å². The van der Waals surface area contributed by atoms with Crippen LogP contribution in [0.5, 0.6) is 0 Å². The summed E-state index contributed by atoms with van der Waals surface area (Å²) in [5, 5.41) is 6.99. The monoisotopic (exact) mass is 278 g/mol. The lowest BCUT2D eigenvalue weighted by molar-refractivity contribution is 0.334. The number of likely N-dealkylation sites (tertiary alicyclic amines) is 1. The van der Waals surface area contributed by atoms with Gasteiger partial charge in [0.1, 0.15) is 5.82 Å². The standard InChI is InChI=1S/C14H22N4S/c1-12-6-4-7-13(16-12)17-14(19)15-8-5-11-18-9-2-3-10-18/h4,6-7H,2-3,5,8-11H2,1H3,(H2,15,16,17,19). The SMILES string of the molecule is Cc1cccc(NC(=S)NCCCN2CCCC2)n1. The molecule has 1 aromatic heterocycles. The van der Waals surface area contributed by atoms with Crippen LogP contribution in [-0.2, 0) is 0 Å². The van der Waals surface area contributed by atoms with Crippen LogP contribution in [0.2, 0.25) is 0 Å². The van der Waals surface area contributed by atoms with Gasteiger partial charge in [-0.2, -0.15) is 0 Å². The van der Waals surface area contributed by atoms with Crippen LogP contribution in [0.3, 0.4) is 0 Å². The normalized spacial score (nSPS) is 15.4. The van der Waals surface area contributed by atoms with Crippen LogP contribution < -0.4 is 10.6 Å². The number of anilines is 1. The molecule has 1 aliphatic heterocycles. The molecule has 19 heavy (non-hydrogen) atoms. The van der Waals surface area contributed by atoms with E-state index < -0.39 is 0 Å². The molecule has 1 aliphatic rings. The van der Waals surface area contributed by atoms with Gasteiger partial charge < -0.3 is 15.5 Å². The molecule has 5 heteroatoms. The summed E-state index contributed by atoms with van der Waals surface area (Å²) in [6.45, 7) is 6.57. The minimum Gasteiger partial charge on any atom is -0.362 e. The van der Waals surface area contributed by atoms with Crippen molar-refractivity contribution in [3.63, 3.8) is 0 Å². The van der Waals surface area contributed by atoms with Crippen LogP contribution in [0.1, 0.15) is 25.0 Å². The van der Waals surface area contributed by atoms with Crippen LogP contribution >= 0.6 is 12.2 Å². The van der Waals surface area contributed by atoms with Gasteiger partial charge in [0.15, 0.2) is 5.11 Å². The number of hydrogen-bond acceptors (Lipinski definition) is 3. The van der Waals surface area contributed by atoms with Gasteiger partial charge in [-0.3, -0.25) is 0 Å². The number of aryl methyl sites for hydroxylation is 1. The number of aromatic nitrogens is 1. The minimum atomic E-state index is 0.652. The fraction of sp³-hybridized carbons (Fsp3) is 0.571. The third-order valence-corrected chi connectivity index (χ3v) is 3.51. The van der Waals surface area contributed by atoms with Crippen molar-refractivity contribution in [2.45, 2.75) is 26.2 Å². The lowest BCUT2D eigenvalue weighted by atomic mass is 10.4. The van der Waals surface area contributed by atoms with E-state index in [1.54, 1.807) is 0 Å². The molecule has 0 spiro atoms. The average molecular weight is 278 g/mol. The molecule has 0 aliphatic carbocycles. The Bertz CT molecular complexity index is 416. The van der Waals surface area contributed by atoms with Crippen LogP contribution in [0, 0.1) is 6.92 Å². The fourth-order valence-corrected chi connectivity index (χ4v) is 2.49. The van der Waals surface area contributed by atoms with E-state index in [0.717, 1.165) is 31.0 Å². The lowest BCUT2D eigenvalue weighted by Gasteiger charge is -2.15. The Morgan fingerprint density at radius 3 is 2.89 bits per heavy atom. The zero-order chi connectivity index (χ0) is 13.5. The van der Waals surface area contributed by atoms with Crippen molar-refractivity contribution in [1.82, 2.24) is 15.2 Å². The van der Waals surface area contributed by atoms with Crippen molar-refractivity contribution in [2.24, 2.45) is 0 Å². The summed E-state index contributed by atoms with van der Waals surface area (Å²) < 4.78 is 0. The van der Waals surface area contributed by atoms with Gasteiger partial charge in [0, 0.05) is 12.2 Å². The van der Waals surface area contributed by atoms with E-state index in [9.17, 15) is 0 Å². The Kier molecular flexibility index (Phi) is 5.54. The van der Waals surface area contributed by atoms with E-state index in [1.807, 2.05) is 25.1 Å². The predicted molar refractivity (Wildman–Crippen MR) is 83.5 cm³/mol. The average Bonchev–Trinajstić information content (AvgIpc) is 2.88. The highest BCUT2D eigenvalue weighted by Crippen LogP contribution is 2.07. The van der Waals surface area contributed by atoms with E-state index >= 15 is 0 Å². The summed E-state index contributed by atoms with van der Waals surface area (Å²) in [5.41, 5.74) is 0.988. The van der Waals surface area contributed by atoms with Gasteiger partial charge >= 0.3 is 0 Å². The molecule has 0 atom stereocenters. The summed E-state index contributed by atoms with van der Waals surface area (Å²) in [4.78, 5) is 6.87. The zero-order valence-corrected chi connectivity index (χ0v) is 12.3. The highest BCUT2D eigenvalue weighted by molar-refractivity contribution is 7.80. The molecule has 2 heterocycles. The van der Waals surface area contributed by atoms with Crippen LogP contribution in [0.4, 0.5) is 5.82 Å². The molecule has 0 aromatic carbocycles. The minimum absolute atomic E-state index is 0.652.